The van der Waals surface area contributed by atoms with Gasteiger partial charge in [-0.3, -0.25) is 4.79 Å². The van der Waals surface area contributed by atoms with Crippen LogP contribution in [0.3, 0.4) is 0 Å². The highest BCUT2D eigenvalue weighted by Crippen LogP contribution is 2.22. The first kappa shape index (κ1) is 21.6. The van der Waals surface area contributed by atoms with Crippen molar-refractivity contribution >= 4 is 27.3 Å². The molecule has 1 amide bonds. The predicted octanol–water partition coefficient (Wildman–Crippen LogP) is 2.81. The van der Waals surface area contributed by atoms with E-state index in [0.29, 0.717) is 25.2 Å². The van der Waals surface area contributed by atoms with Crippen LogP contribution in [0.15, 0.2) is 46.7 Å². The first-order valence-corrected chi connectivity index (χ1v) is 11.2. The summed E-state index contributed by atoms with van der Waals surface area (Å²) in [6, 6.07) is 10.2. The second kappa shape index (κ2) is 9.45. The number of benzene rings is 1. The molecule has 0 aliphatic heterocycles. The second-order valence-electron chi connectivity index (χ2n) is 6.32. The third kappa shape index (κ3) is 5.16. The lowest BCUT2D eigenvalue weighted by molar-refractivity contribution is 0.0942. The summed E-state index contributed by atoms with van der Waals surface area (Å²) in [5, 5.41) is 4.95. The van der Waals surface area contributed by atoms with Crippen LogP contribution in [-0.4, -0.2) is 57.3 Å². The van der Waals surface area contributed by atoms with Crippen molar-refractivity contribution in [2.75, 3.05) is 33.7 Å². The molecule has 27 heavy (non-hydrogen) atoms. The van der Waals surface area contributed by atoms with Crippen molar-refractivity contribution in [3.63, 3.8) is 0 Å². The fourth-order valence-corrected chi connectivity index (χ4v) is 5.18. The minimum atomic E-state index is -3.51. The van der Waals surface area contributed by atoms with Gasteiger partial charge in [-0.25, -0.2) is 8.42 Å². The summed E-state index contributed by atoms with van der Waals surface area (Å²) in [5.74, 6) is -0.217. The summed E-state index contributed by atoms with van der Waals surface area (Å²) in [7, 11) is 0.437. The van der Waals surface area contributed by atoms with Crippen molar-refractivity contribution in [2.24, 2.45) is 0 Å². The normalized spacial score (nSPS) is 13.1. The van der Waals surface area contributed by atoms with Crippen LogP contribution in [0, 0.1) is 0 Å². The number of hydrogen-bond acceptors (Lipinski definition) is 5. The highest BCUT2D eigenvalue weighted by molar-refractivity contribution is 7.89. The molecule has 1 N–H and O–H groups in total. The number of sulfonamides is 1. The van der Waals surface area contributed by atoms with Crippen LogP contribution < -0.4 is 5.32 Å². The van der Waals surface area contributed by atoms with Gasteiger partial charge in [-0.05, 0) is 49.8 Å². The van der Waals surface area contributed by atoms with E-state index in [9.17, 15) is 13.2 Å². The largest absolute Gasteiger partial charge is 0.350 e. The van der Waals surface area contributed by atoms with Gasteiger partial charge in [0.1, 0.15) is 0 Å². The second-order valence-corrected chi connectivity index (χ2v) is 9.24. The maximum atomic E-state index is 12.5. The quantitative estimate of drug-likeness (QED) is 0.691. The molecule has 0 fully saturated rings. The van der Waals surface area contributed by atoms with Gasteiger partial charge in [0.2, 0.25) is 10.0 Å². The number of amides is 1. The zero-order valence-electron chi connectivity index (χ0n) is 16.2. The number of likely N-dealkylation sites (N-methyl/N-ethyl adjacent to an activating group) is 1. The number of hydrogen-bond donors (Lipinski definition) is 1. The number of thiophene rings is 1. The number of rotatable bonds is 9. The fourth-order valence-electron chi connectivity index (χ4n) is 2.80. The van der Waals surface area contributed by atoms with Gasteiger partial charge in [-0.15, -0.1) is 11.3 Å². The van der Waals surface area contributed by atoms with E-state index in [4.69, 9.17) is 0 Å². The molecule has 1 aromatic carbocycles. The van der Waals surface area contributed by atoms with Crippen LogP contribution >= 0.6 is 11.3 Å². The standard InChI is InChI=1S/C19H27N3O3S2/c1-5-22(6-2)27(24,25)16-11-9-15(10-12-16)19(23)20-14-17(21(3)4)18-8-7-13-26-18/h7-13,17H,5-6,14H2,1-4H3,(H,20,23). The molecule has 1 heterocycles. The first-order chi connectivity index (χ1) is 12.8. The molecule has 1 aromatic heterocycles. The monoisotopic (exact) mass is 409 g/mol. The third-order valence-corrected chi connectivity index (χ3v) is 7.45. The zero-order valence-corrected chi connectivity index (χ0v) is 17.8. The van der Waals surface area contributed by atoms with E-state index < -0.39 is 10.0 Å². The molecule has 1 unspecified atom stereocenters. The van der Waals surface area contributed by atoms with Crippen molar-refractivity contribution in [1.29, 1.82) is 0 Å². The Morgan fingerprint density at radius 3 is 2.22 bits per heavy atom. The van der Waals surface area contributed by atoms with E-state index in [1.807, 2.05) is 31.6 Å². The van der Waals surface area contributed by atoms with Crippen LogP contribution in [0.1, 0.15) is 35.1 Å². The maximum absolute atomic E-state index is 12.5. The summed E-state index contributed by atoms with van der Waals surface area (Å²) in [5.41, 5.74) is 0.442. The van der Waals surface area contributed by atoms with Gasteiger partial charge in [-0.2, -0.15) is 4.31 Å². The van der Waals surface area contributed by atoms with Gasteiger partial charge in [0.25, 0.3) is 5.91 Å². The lowest BCUT2D eigenvalue weighted by atomic mass is 10.2. The molecule has 0 saturated carbocycles. The van der Waals surface area contributed by atoms with Crippen molar-refractivity contribution in [1.82, 2.24) is 14.5 Å². The van der Waals surface area contributed by atoms with Gasteiger partial charge in [0.15, 0.2) is 0 Å². The van der Waals surface area contributed by atoms with E-state index >= 15 is 0 Å². The molecule has 2 aromatic rings. The Hall–Kier alpha value is -1.74. The molecule has 0 radical (unpaired) electrons. The van der Waals surface area contributed by atoms with Crippen molar-refractivity contribution < 1.29 is 13.2 Å². The average Bonchev–Trinajstić information content (AvgIpc) is 3.16. The van der Waals surface area contributed by atoms with Crippen LogP contribution in [0.5, 0.6) is 0 Å². The number of nitrogens with zero attached hydrogens (tertiary/aromatic N) is 2. The topological polar surface area (TPSA) is 69.7 Å². The summed E-state index contributed by atoms with van der Waals surface area (Å²) in [6.07, 6.45) is 0. The van der Waals surface area contributed by atoms with E-state index in [0.717, 1.165) is 0 Å². The molecular formula is C19H27N3O3S2. The highest BCUT2D eigenvalue weighted by atomic mass is 32.2. The van der Waals surface area contributed by atoms with Crippen LogP contribution in [0.25, 0.3) is 0 Å². The molecule has 1 atom stereocenters. The van der Waals surface area contributed by atoms with Gasteiger partial charge in [0.05, 0.1) is 10.9 Å². The molecule has 0 spiro atoms. The Labute approximate surface area is 165 Å². The zero-order chi connectivity index (χ0) is 20.0. The molecular weight excluding hydrogens is 382 g/mol. The Bertz CT molecular complexity index is 828. The van der Waals surface area contributed by atoms with E-state index in [1.165, 1.54) is 21.3 Å². The smallest absolute Gasteiger partial charge is 0.251 e. The summed E-state index contributed by atoms with van der Waals surface area (Å²) >= 11 is 1.65. The maximum Gasteiger partial charge on any atom is 0.251 e. The fraction of sp³-hybridized carbons (Fsp3) is 0.421. The number of carbonyl (C=O) groups excluding carboxylic acids is 1. The van der Waals surface area contributed by atoms with Crippen LogP contribution in [0.4, 0.5) is 0 Å². The van der Waals surface area contributed by atoms with E-state index in [2.05, 4.69) is 10.2 Å². The molecule has 0 bridgehead atoms. The van der Waals surface area contributed by atoms with Crippen molar-refractivity contribution in [3.8, 4) is 0 Å². The SMILES string of the molecule is CCN(CC)S(=O)(=O)c1ccc(C(=O)NCC(c2cccs2)N(C)C)cc1. The minimum Gasteiger partial charge on any atom is -0.350 e. The van der Waals surface area contributed by atoms with E-state index in [-0.39, 0.29) is 16.8 Å². The Morgan fingerprint density at radius 1 is 1.11 bits per heavy atom. The van der Waals surface area contributed by atoms with E-state index in [1.54, 1.807) is 37.3 Å². The van der Waals surface area contributed by atoms with Crippen molar-refractivity contribution in [2.45, 2.75) is 24.8 Å². The molecule has 2 rings (SSSR count). The summed E-state index contributed by atoms with van der Waals surface area (Å²) in [4.78, 5) is 15.9. The van der Waals surface area contributed by atoms with Crippen LogP contribution in [-0.2, 0) is 10.0 Å². The van der Waals surface area contributed by atoms with Crippen molar-refractivity contribution in [3.05, 3.63) is 52.2 Å². The lowest BCUT2D eigenvalue weighted by Gasteiger charge is -2.23. The van der Waals surface area contributed by atoms with Gasteiger partial charge in [0, 0.05) is 30.1 Å². The molecule has 8 heteroatoms. The molecule has 0 aliphatic carbocycles. The Balaban J connectivity index is 2.07. The average molecular weight is 410 g/mol. The summed E-state index contributed by atoms with van der Waals surface area (Å²) < 4.78 is 26.4. The molecule has 0 saturated heterocycles. The first-order valence-electron chi connectivity index (χ1n) is 8.89. The Morgan fingerprint density at radius 2 is 1.74 bits per heavy atom. The molecule has 0 aliphatic rings. The predicted molar refractivity (Wildman–Crippen MR) is 110 cm³/mol. The number of nitrogens with one attached hydrogen (secondary N) is 1. The third-order valence-electron chi connectivity index (χ3n) is 4.41. The molecule has 148 valence electrons. The summed E-state index contributed by atoms with van der Waals surface area (Å²) in [6.45, 7) is 4.91. The lowest BCUT2D eigenvalue weighted by Crippen LogP contribution is -2.34. The highest BCUT2D eigenvalue weighted by Gasteiger charge is 2.22. The minimum absolute atomic E-state index is 0.0938. The molecule has 6 nitrogen and oxygen atoms in total. The Kier molecular flexibility index (Phi) is 7.55. The van der Waals surface area contributed by atoms with Gasteiger partial charge < -0.3 is 10.2 Å². The number of carbonyl (C=O) groups is 1. The van der Waals surface area contributed by atoms with Crippen LogP contribution in [0.2, 0.25) is 0 Å². The van der Waals surface area contributed by atoms with Gasteiger partial charge >= 0.3 is 0 Å². The van der Waals surface area contributed by atoms with Gasteiger partial charge in [-0.1, -0.05) is 19.9 Å².